The van der Waals surface area contributed by atoms with E-state index in [2.05, 4.69) is 23.7 Å². The first-order valence-corrected chi connectivity index (χ1v) is 11.8. The molecular weight excluding hydrogens is 479 g/mol. The van der Waals surface area contributed by atoms with E-state index in [4.69, 9.17) is 0 Å². The molecule has 4 rings (SSSR count). The predicted octanol–water partition coefficient (Wildman–Crippen LogP) is 4.50. The molecule has 10 heteroatoms. The van der Waals surface area contributed by atoms with E-state index in [9.17, 15) is 18.8 Å². The lowest BCUT2D eigenvalue weighted by molar-refractivity contribution is -0.121. The number of amides is 3. The molecule has 0 N–H and O–H groups in total. The van der Waals surface area contributed by atoms with Crippen molar-refractivity contribution < 1.29 is 18.8 Å². The van der Waals surface area contributed by atoms with E-state index < -0.39 is 5.82 Å². The molecule has 1 aliphatic heterocycles. The molecule has 0 saturated carbocycles. The Hall–Kier alpha value is -2.88. The van der Waals surface area contributed by atoms with E-state index in [-0.39, 0.29) is 48.5 Å². The third kappa shape index (κ3) is 5.11. The highest BCUT2D eigenvalue weighted by Gasteiger charge is 2.31. The van der Waals surface area contributed by atoms with Gasteiger partial charge in [0.2, 0.25) is 11.8 Å². The standard InChI is InChI=1S/C24H25FN4O3S.ClH/c1-3-27(4-2)13-14-28(24-26-22-18(25)9-6-10-19(22)33-24)23(32)16-7-5-8-17(15-16)29-20(30)11-12-21(29)31;/h5-10,15H,3-4,11-14H2,1-2H3;1H. The normalized spacial score (nSPS) is 13.6. The molecule has 1 aliphatic rings. The van der Waals surface area contributed by atoms with E-state index in [0.717, 1.165) is 18.0 Å². The first kappa shape index (κ1) is 25.7. The van der Waals surface area contributed by atoms with Gasteiger partial charge in [-0.05, 0) is 43.4 Å². The lowest BCUT2D eigenvalue weighted by Gasteiger charge is -2.25. The Morgan fingerprint density at radius 3 is 2.38 bits per heavy atom. The van der Waals surface area contributed by atoms with Gasteiger partial charge in [0.05, 0.1) is 10.4 Å². The summed E-state index contributed by atoms with van der Waals surface area (Å²) in [7, 11) is 0. The van der Waals surface area contributed by atoms with Crippen molar-refractivity contribution in [3.63, 3.8) is 0 Å². The number of thiazole rings is 1. The molecule has 0 radical (unpaired) electrons. The molecule has 2 aromatic carbocycles. The number of imide groups is 1. The zero-order chi connectivity index (χ0) is 23.5. The molecule has 1 aromatic heterocycles. The molecule has 1 saturated heterocycles. The topological polar surface area (TPSA) is 73.8 Å². The van der Waals surface area contributed by atoms with Crippen LogP contribution in [0.25, 0.3) is 10.2 Å². The minimum atomic E-state index is -0.431. The monoisotopic (exact) mass is 504 g/mol. The number of likely N-dealkylation sites (N-methyl/N-ethyl adjacent to an activating group) is 1. The highest BCUT2D eigenvalue weighted by atomic mass is 35.5. The summed E-state index contributed by atoms with van der Waals surface area (Å²) in [6.45, 7) is 6.77. The van der Waals surface area contributed by atoms with Crippen molar-refractivity contribution in [2.24, 2.45) is 0 Å². The first-order valence-electron chi connectivity index (χ1n) is 11.0. The molecule has 3 amide bonds. The number of para-hydroxylation sites is 1. The van der Waals surface area contributed by atoms with Crippen LogP contribution in [0.1, 0.15) is 37.0 Å². The SMILES string of the molecule is CCN(CC)CCN(C(=O)c1cccc(N2C(=O)CCC2=O)c1)c1nc2c(F)cccc2s1.Cl. The van der Waals surface area contributed by atoms with Crippen molar-refractivity contribution in [2.45, 2.75) is 26.7 Å². The number of carbonyl (C=O) groups excluding carboxylic acids is 3. The maximum atomic E-state index is 14.3. The third-order valence-corrected chi connectivity index (χ3v) is 6.82. The molecule has 2 heterocycles. The third-order valence-electron chi connectivity index (χ3n) is 5.77. The second-order valence-electron chi connectivity index (χ2n) is 7.74. The van der Waals surface area contributed by atoms with Crippen LogP contribution in [0.4, 0.5) is 15.2 Å². The van der Waals surface area contributed by atoms with Gasteiger partial charge < -0.3 is 4.90 Å². The molecule has 0 aliphatic carbocycles. The number of rotatable bonds is 8. The van der Waals surface area contributed by atoms with E-state index >= 15 is 0 Å². The Bertz CT molecular complexity index is 1200. The molecule has 180 valence electrons. The number of fused-ring (bicyclic) bond motifs is 1. The maximum absolute atomic E-state index is 14.3. The predicted molar refractivity (Wildman–Crippen MR) is 134 cm³/mol. The fourth-order valence-electron chi connectivity index (χ4n) is 3.88. The van der Waals surface area contributed by atoms with Gasteiger partial charge in [-0.2, -0.15) is 0 Å². The molecule has 3 aromatic rings. The summed E-state index contributed by atoms with van der Waals surface area (Å²) in [5.74, 6) is -1.30. The van der Waals surface area contributed by atoms with Crippen LogP contribution in [0.5, 0.6) is 0 Å². The Labute approximate surface area is 207 Å². The fourth-order valence-corrected chi connectivity index (χ4v) is 4.89. The van der Waals surface area contributed by atoms with Gasteiger partial charge in [0, 0.05) is 31.5 Å². The van der Waals surface area contributed by atoms with Crippen LogP contribution in [0, 0.1) is 5.82 Å². The van der Waals surface area contributed by atoms with Crippen molar-refractivity contribution in [2.75, 3.05) is 36.0 Å². The van der Waals surface area contributed by atoms with Crippen molar-refractivity contribution in [3.05, 3.63) is 53.8 Å². The zero-order valence-corrected chi connectivity index (χ0v) is 20.6. The summed E-state index contributed by atoms with van der Waals surface area (Å²) in [6.07, 6.45) is 0.342. The second kappa shape index (κ2) is 11.0. The van der Waals surface area contributed by atoms with Crippen LogP contribution in [0.15, 0.2) is 42.5 Å². The van der Waals surface area contributed by atoms with Gasteiger partial charge in [-0.1, -0.05) is 37.3 Å². The molecule has 7 nitrogen and oxygen atoms in total. The molecule has 0 bridgehead atoms. The number of hydrogen-bond acceptors (Lipinski definition) is 6. The van der Waals surface area contributed by atoms with Gasteiger partial charge >= 0.3 is 0 Å². The molecule has 1 fully saturated rings. The first-order chi connectivity index (χ1) is 15.9. The fraction of sp³-hybridized carbons (Fsp3) is 0.333. The Morgan fingerprint density at radius 2 is 1.74 bits per heavy atom. The quantitative estimate of drug-likeness (QED) is 0.422. The van der Waals surface area contributed by atoms with Gasteiger partial charge in [-0.25, -0.2) is 9.37 Å². The maximum Gasteiger partial charge on any atom is 0.260 e. The summed E-state index contributed by atoms with van der Waals surface area (Å²) >= 11 is 1.26. The number of aromatic nitrogens is 1. The second-order valence-corrected chi connectivity index (χ2v) is 8.75. The highest BCUT2D eigenvalue weighted by molar-refractivity contribution is 7.22. The van der Waals surface area contributed by atoms with Crippen molar-refractivity contribution >= 4 is 62.5 Å². The number of halogens is 2. The van der Waals surface area contributed by atoms with Gasteiger partial charge in [-0.3, -0.25) is 24.2 Å². The summed E-state index contributed by atoms with van der Waals surface area (Å²) < 4.78 is 14.9. The van der Waals surface area contributed by atoms with Crippen molar-refractivity contribution in [1.82, 2.24) is 9.88 Å². The largest absolute Gasteiger partial charge is 0.302 e. The Kier molecular flexibility index (Phi) is 8.35. The summed E-state index contributed by atoms with van der Waals surface area (Å²) in [5, 5.41) is 0.408. The average molecular weight is 505 g/mol. The van der Waals surface area contributed by atoms with Crippen molar-refractivity contribution in [3.8, 4) is 0 Å². The smallest absolute Gasteiger partial charge is 0.260 e. The highest BCUT2D eigenvalue weighted by Crippen LogP contribution is 2.32. The number of carbonyl (C=O) groups is 3. The van der Waals surface area contributed by atoms with E-state index in [1.54, 1.807) is 41.3 Å². The Balaban J connectivity index is 0.00000324. The minimum absolute atomic E-state index is 0. The molecule has 34 heavy (non-hydrogen) atoms. The summed E-state index contributed by atoms with van der Waals surface area (Å²) in [4.78, 5) is 47.2. The van der Waals surface area contributed by atoms with Crippen LogP contribution < -0.4 is 9.80 Å². The van der Waals surface area contributed by atoms with Crippen LogP contribution in [-0.2, 0) is 9.59 Å². The Morgan fingerprint density at radius 1 is 1.06 bits per heavy atom. The van der Waals surface area contributed by atoms with Gasteiger partial charge in [-0.15, -0.1) is 12.4 Å². The number of nitrogens with zero attached hydrogens (tertiary/aromatic N) is 4. The zero-order valence-electron chi connectivity index (χ0n) is 19.0. The van der Waals surface area contributed by atoms with Gasteiger partial charge in [0.15, 0.2) is 5.13 Å². The van der Waals surface area contributed by atoms with E-state index in [1.807, 2.05) is 0 Å². The molecule has 0 unspecified atom stereocenters. The van der Waals surface area contributed by atoms with E-state index in [0.29, 0.717) is 34.2 Å². The minimum Gasteiger partial charge on any atom is -0.302 e. The van der Waals surface area contributed by atoms with Gasteiger partial charge in [0.25, 0.3) is 5.91 Å². The number of benzene rings is 2. The van der Waals surface area contributed by atoms with Gasteiger partial charge in [0.1, 0.15) is 11.3 Å². The van der Waals surface area contributed by atoms with Crippen LogP contribution in [-0.4, -0.2) is 53.8 Å². The van der Waals surface area contributed by atoms with Crippen LogP contribution >= 0.6 is 23.7 Å². The summed E-state index contributed by atoms with van der Waals surface area (Å²) in [5.41, 5.74) is 0.951. The van der Waals surface area contributed by atoms with Crippen LogP contribution in [0.3, 0.4) is 0 Å². The molecular formula is C24H26ClFN4O3S. The molecule has 0 spiro atoms. The van der Waals surface area contributed by atoms with Crippen molar-refractivity contribution in [1.29, 1.82) is 0 Å². The van der Waals surface area contributed by atoms with Crippen LogP contribution in [0.2, 0.25) is 0 Å². The summed E-state index contributed by atoms with van der Waals surface area (Å²) in [6, 6.07) is 11.2. The number of hydrogen-bond donors (Lipinski definition) is 0. The molecule has 0 atom stereocenters. The van der Waals surface area contributed by atoms with E-state index in [1.165, 1.54) is 17.4 Å². The average Bonchev–Trinajstić information content (AvgIpc) is 3.40. The number of anilines is 2. The lowest BCUT2D eigenvalue weighted by atomic mass is 10.1. The lowest BCUT2D eigenvalue weighted by Crippen LogP contribution is -2.39.